The zero-order valence-electron chi connectivity index (χ0n) is 15.6. The van der Waals surface area contributed by atoms with Crippen molar-refractivity contribution in [3.8, 4) is 5.75 Å². The number of benzene rings is 2. The Morgan fingerprint density at radius 3 is 2.41 bits per heavy atom. The second-order valence-corrected chi connectivity index (χ2v) is 6.87. The van der Waals surface area contributed by atoms with Crippen molar-refractivity contribution in [3.63, 3.8) is 0 Å². The van der Waals surface area contributed by atoms with E-state index in [-0.39, 0.29) is 30.3 Å². The molecule has 0 spiro atoms. The van der Waals surface area contributed by atoms with Gasteiger partial charge in [0.15, 0.2) is 0 Å². The molecule has 2 atom stereocenters. The molecule has 1 amide bonds. The number of ether oxygens (including phenoxy) is 1. The average molecular weight is 371 g/mol. The number of hydrogen-bond acceptors (Lipinski definition) is 3. The van der Waals surface area contributed by atoms with Gasteiger partial charge in [0.1, 0.15) is 11.6 Å². The van der Waals surface area contributed by atoms with Gasteiger partial charge in [0.2, 0.25) is 5.91 Å². The Bertz CT molecular complexity index is 745. The molecule has 0 aliphatic carbocycles. The number of halogens is 1. The van der Waals surface area contributed by atoms with Crippen LogP contribution in [0.1, 0.15) is 44.2 Å². The van der Waals surface area contributed by atoms with E-state index >= 15 is 0 Å². The molecule has 1 fully saturated rings. The van der Waals surface area contributed by atoms with E-state index in [0.717, 1.165) is 24.2 Å². The van der Waals surface area contributed by atoms with E-state index in [4.69, 9.17) is 9.84 Å². The van der Waals surface area contributed by atoms with Crippen LogP contribution in [0.15, 0.2) is 48.5 Å². The fourth-order valence-electron chi connectivity index (χ4n) is 3.51. The Hall–Kier alpha value is -2.40. The number of β-lactam (4-membered cyclic amide) rings is 1. The molecule has 0 bridgehead atoms. The van der Waals surface area contributed by atoms with E-state index in [2.05, 4.69) is 6.92 Å². The number of carbonyl (C=O) groups excluding carboxylic acids is 1. The predicted octanol–water partition coefficient (Wildman–Crippen LogP) is 4.48. The molecule has 144 valence electrons. The summed E-state index contributed by atoms with van der Waals surface area (Å²) in [6.07, 6.45) is 3.32. The number of unbranched alkanes of at least 4 members (excludes halogenated alkanes) is 1. The third kappa shape index (κ3) is 4.30. The molecular weight excluding hydrogens is 345 g/mol. The molecule has 3 rings (SSSR count). The fourth-order valence-corrected chi connectivity index (χ4v) is 3.51. The summed E-state index contributed by atoms with van der Waals surface area (Å²) in [5.41, 5.74) is 1.71. The molecule has 1 N–H and O–H groups in total. The summed E-state index contributed by atoms with van der Waals surface area (Å²) >= 11 is 0. The Morgan fingerprint density at radius 2 is 1.78 bits per heavy atom. The van der Waals surface area contributed by atoms with Crippen molar-refractivity contribution in [2.45, 2.75) is 38.6 Å². The summed E-state index contributed by atoms with van der Waals surface area (Å²) in [7, 11) is 0. The minimum Gasteiger partial charge on any atom is -0.494 e. The molecule has 1 heterocycles. The molecule has 2 aromatic rings. The third-order valence-corrected chi connectivity index (χ3v) is 4.98. The third-order valence-electron chi connectivity index (χ3n) is 4.98. The van der Waals surface area contributed by atoms with Crippen molar-refractivity contribution in [3.05, 3.63) is 59.9 Å². The monoisotopic (exact) mass is 371 g/mol. The second-order valence-electron chi connectivity index (χ2n) is 6.87. The van der Waals surface area contributed by atoms with Gasteiger partial charge in [-0.1, -0.05) is 25.5 Å². The van der Waals surface area contributed by atoms with Gasteiger partial charge in [-0.2, -0.15) is 0 Å². The smallest absolute Gasteiger partial charge is 0.233 e. The van der Waals surface area contributed by atoms with Gasteiger partial charge < -0.3 is 14.7 Å². The van der Waals surface area contributed by atoms with Crippen molar-refractivity contribution in [2.24, 2.45) is 5.92 Å². The van der Waals surface area contributed by atoms with Crippen LogP contribution in [0.4, 0.5) is 10.1 Å². The van der Waals surface area contributed by atoms with E-state index in [1.807, 2.05) is 24.3 Å². The highest BCUT2D eigenvalue weighted by Crippen LogP contribution is 2.45. The average Bonchev–Trinajstić information content (AvgIpc) is 2.68. The summed E-state index contributed by atoms with van der Waals surface area (Å²) in [4.78, 5) is 14.4. The minimum absolute atomic E-state index is 0.0170. The molecule has 27 heavy (non-hydrogen) atoms. The van der Waals surface area contributed by atoms with Crippen LogP contribution in [0.25, 0.3) is 0 Å². The predicted molar refractivity (Wildman–Crippen MR) is 103 cm³/mol. The molecular formula is C22H26FNO3. The molecule has 1 saturated heterocycles. The summed E-state index contributed by atoms with van der Waals surface area (Å²) < 4.78 is 19.0. The van der Waals surface area contributed by atoms with Crippen LogP contribution in [0.2, 0.25) is 0 Å². The SMILES string of the molecule is CCCCOc1ccc([C@@H]2[C@@H](CCCO)C(=O)N2c2ccc(F)cc2)cc1. The van der Waals surface area contributed by atoms with Gasteiger partial charge in [0, 0.05) is 12.3 Å². The largest absolute Gasteiger partial charge is 0.494 e. The van der Waals surface area contributed by atoms with Gasteiger partial charge >= 0.3 is 0 Å². The zero-order valence-corrected chi connectivity index (χ0v) is 15.6. The highest BCUT2D eigenvalue weighted by molar-refractivity contribution is 6.03. The van der Waals surface area contributed by atoms with E-state index in [9.17, 15) is 9.18 Å². The first-order chi connectivity index (χ1) is 13.2. The molecule has 0 saturated carbocycles. The van der Waals surface area contributed by atoms with E-state index < -0.39 is 0 Å². The first-order valence-electron chi connectivity index (χ1n) is 9.58. The minimum atomic E-state index is -0.325. The highest BCUT2D eigenvalue weighted by atomic mass is 19.1. The Balaban J connectivity index is 1.80. The number of carbonyl (C=O) groups is 1. The quantitative estimate of drug-likeness (QED) is 0.522. The van der Waals surface area contributed by atoms with Crippen LogP contribution in [0.3, 0.4) is 0 Å². The zero-order chi connectivity index (χ0) is 19.2. The van der Waals surface area contributed by atoms with Crippen molar-refractivity contribution in [1.82, 2.24) is 0 Å². The Kier molecular flexibility index (Phi) is 6.45. The van der Waals surface area contributed by atoms with Gasteiger partial charge in [-0.15, -0.1) is 0 Å². The molecule has 2 aromatic carbocycles. The lowest BCUT2D eigenvalue weighted by Crippen LogP contribution is -2.55. The summed E-state index contributed by atoms with van der Waals surface area (Å²) in [6, 6.07) is 13.7. The molecule has 1 aliphatic rings. The van der Waals surface area contributed by atoms with Crippen molar-refractivity contribution < 1.29 is 19.0 Å². The van der Waals surface area contributed by atoms with Crippen molar-refractivity contribution in [1.29, 1.82) is 0 Å². The van der Waals surface area contributed by atoms with Crippen LogP contribution >= 0.6 is 0 Å². The molecule has 1 aliphatic heterocycles. The normalized spacial score (nSPS) is 19.1. The highest BCUT2D eigenvalue weighted by Gasteiger charge is 2.48. The maximum atomic E-state index is 13.3. The number of amides is 1. The number of aliphatic hydroxyl groups excluding tert-OH is 1. The van der Waals surface area contributed by atoms with Gasteiger partial charge in [-0.25, -0.2) is 4.39 Å². The van der Waals surface area contributed by atoms with Crippen molar-refractivity contribution >= 4 is 11.6 Å². The van der Waals surface area contributed by atoms with Crippen LogP contribution in [-0.2, 0) is 4.79 Å². The molecule has 4 nitrogen and oxygen atoms in total. The lowest BCUT2D eigenvalue weighted by molar-refractivity contribution is -0.130. The van der Waals surface area contributed by atoms with Crippen LogP contribution in [-0.4, -0.2) is 24.2 Å². The van der Waals surface area contributed by atoms with Crippen LogP contribution in [0.5, 0.6) is 5.75 Å². The van der Waals surface area contributed by atoms with Gasteiger partial charge in [0.25, 0.3) is 0 Å². The number of nitrogens with zero attached hydrogens (tertiary/aromatic N) is 1. The summed E-state index contributed by atoms with van der Waals surface area (Å²) in [5, 5.41) is 9.15. The number of hydrogen-bond donors (Lipinski definition) is 1. The number of anilines is 1. The molecule has 0 radical (unpaired) electrons. The summed E-state index contributed by atoms with van der Waals surface area (Å²) in [6.45, 7) is 2.88. The number of aliphatic hydroxyl groups is 1. The Morgan fingerprint density at radius 1 is 1.07 bits per heavy atom. The summed E-state index contributed by atoms with van der Waals surface area (Å²) in [5.74, 6) is 0.337. The number of rotatable bonds is 9. The van der Waals surface area contributed by atoms with Crippen LogP contribution < -0.4 is 9.64 Å². The standard InChI is InChI=1S/C22H26FNO3/c1-2-3-15-27-19-12-6-16(7-13-19)21-20(5-4-14-25)22(26)24(21)18-10-8-17(23)9-11-18/h6-13,20-21,25H,2-5,14-15H2,1H3/t20-,21-/m1/s1. The first-order valence-corrected chi connectivity index (χ1v) is 9.58. The van der Waals surface area contributed by atoms with Crippen molar-refractivity contribution in [2.75, 3.05) is 18.1 Å². The molecule has 5 heteroatoms. The Labute approximate surface area is 159 Å². The van der Waals surface area contributed by atoms with E-state index in [1.54, 1.807) is 17.0 Å². The van der Waals surface area contributed by atoms with Gasteiger partial charge in [0.05, 0.1) is 18.6 Å². The van der Waals surface area contributed by atoms with Gasteiger partial charge in [-0.05, 0) is 61.2 Å². The molecule has 0 aromatic heterocycles. The molecule has 0 unspecified atom stereocenters. The van der Waals surface area contributed by atoms with E-state index in [0.29, 0.717) is 25.1 Å². The maximum Gasteiger partial charge on any atom is 0.233 e. The second kappa shape index (κ2) is 9.00. The first kappa shape index (κ1) is 19.4. The topological polar surface area (TPSA) is 49.8 Å². The fraction of sp³-hybridized carbons (Fsp3) is 0.409. The van der Waals surface area contributed by atoms with Gasteiger partial charge in [-0.3, -0.25) is 4.79 Å². The van der Waals surface area contributed by atoms with E-state index in [1.165, 1.54) is 12.1 Å². The maximum absolute atomic E-state index is 13.3. The van der Waals surface area contributed by atoms with Crippen LogP contribution in [0, 0.1) is 11.7 Å². The lowest BCUT2D eigenvalue weighted by Gasteiger charge is -2.47. The lowest BCUT2D eigenvalue weighted by atomic mass is 9.79.